The minimum Gasteiger partial charge on any atom is -0.465 e. The lowest BCUT2D eigenvalue weighted by Gasteiger charge is -2.10. The first-order chi connectivity index (χ1) is 15.2. The van der Waals surface area contributed by atoms with Crippen molar-refractivity contribution < 1.29 is 14.0 Å². The number of imidazole rings is 1. The number of nitrogens with zero attached hydrogens (tertiary/aromatic N) is 1. The first-order valence-corrected chi connectivity index (χ1v) is 10.0. The summed E-state index contributed by atoms with van der Waals surface area (Å²) in [4.78, 5) is 33.1. The molecule has 0 atom stereocenters. The number of aromatic nitrogens is 2. The third kappa shape index (κ3) is 5.27. The molecule has 2 heterocycles. The fraction of sp³-hybridized carbons (Fsp3) is 0.125. The summed E-state index contributed by atoms with van der Waals surface area (Å²) in [6.07, 6.45) is 4.41. The molecular formula is C24H22N4O3. The number of amides is 2. The molecule has 2 aromatic heterocycles. The number of carbonyl (C=O) groups is 2. The summed E-state index contributed by atoms with van der Waals surface area (Å²) in [7, 11) is 0. The number of benzene rings is 2. The molecule has 31 heavy (non-hydrogen) atoms. The maximum Gasteiger partial charge on any atom is 0.267 e. The van der Waals surface area contributed by atoms with E-state index in [0.29, 0.717) is 30.7 Å². The van der Waals surface area contributed by atoms with Crippen LogP contribution in [-0.2, 0) is 11.2 Å². The molecule has 0 radical (unpaired) electrons. The Morgan fingerprint density at radius 3 is 2.58 bits per heavy atom. The van der Waals surface area contributed by atoms with Gasteiger partial charge in [-0.1, -0.05) is 30.3 Å². The Kier molecular flexibility index (Phi) is 6.23. The number of fused-ring (bicyclic) bond motifs is 1. The lowest BCUT2D eigenvalue weighted by atomic mass is 10.2. The molecule has 7 nitrogen and oxygen atoms in total. The summed E-state index contributed by atoms with van der Waals surface area (Å²) < 4.78 is 5.29. The number of furan rings is 1. The van der Waals surface area contributed by atoms with Gasteiger partial charge >= 0.3 is 0 Å². The molecular weight excluding hydrogens is 392 g/mol. The van der Waals surface area contributed by atoms with Gasteiger partial charge in [0.15, 0.2) is 0 Å². The van der Waals surface area contributed by atoms with Gasteiger partial charge in [0.2, 0.25) is 0 Å². The number of carbonyl (C=O) groups excluding carboxylic acids is 2. The van der Waals surface area contributed by atoms with Crippen molar-refractivity contribution in [3.63, 3.8) is 0 Å². The van der Waals surface area contributed by atoms with Crippen LogP contribution >= 0.6 is 0 Å². The number of hydrogen-bond donors (Lipinski definition) is 3. The van der Waals surface area contributed by atoms with Crippen LogP contribution in [0.15, 0.2) is 83.1 Å². The molecule has 2 amide bonds. The Labute approximate surface area is 179 Å². The molecule has 0 bridgehead atoms. The molecule has 0 aliphatic rings. The van der Waals surface area contributed by atoms with Crippen LogP contribution < -0.4 is 10.6 Å². The molecule has 0 saturated heterocycles. The normalized spacial score (nSPS) is 11.4. The lowest BCUT2D eigenvalue weighted by Crippen LogP contribution is -2.35. The first kappa shape index (κ1) is 20.2. The largest absolute Gasteiger partial charge is 0.465 e. The zero-order valence-corrected chi connectivity index (χ0v) is 16.8. The number of H-pyrrole nitrogens is 1. The van der Waals surface area contributed by atoms with Crippen molar-refractivity contribution in [3.05, 3.63) is 95.8 Å². The van der Waals surface area contributed by atoms with E-state index in [1.54, 1.807) is 36.4 Å². The van der Waals surface area contributed by atoms with E-state index < -0.39 is 0 Å². The molecule has 156 valence electrons. The number of aromatic amines is 1. The number of aryl methyl sites for hydroxylation is 1. The van der Waals surface area contributed by atoms with Crippen molar-refractivity contribution in [1.29, 1.82) is 0 Å². The number of para-hydroxylation sites is 2. The summed E-state index contributed by atoms with van der Waals surface area (Å²) in [5, 5.41) is 5.53. The van der Waals surface area contributed by atoms with E-state index in [1.165, 1.54) is 12.3 Å². The minimum atomic E-state index is -0.384. The Morgan fingerprint density at radius 1 is 1.00 bits per heavy atom. The smallest absolute Gasteiger partial charge is 0.267 e. The monoisotopic (exact) mass is 414 g/mol. The minimum absolute atomic E-state index is 0.118. The van der Waals surface area contributed by atoms with Gasteiger partial charge in [-0.3, -0.25) is 9.59 Å². The summed E-state index contributed by atoms with van der Waals surface area (Å²) in [5.74, 6) is 0.598. The van der Waals surface area contributed by atoms with Gasteiger partial charge in [-0.05, 0) is 42.8 Å². The van der Waals surface area contributed by atoms with Crippen LogP contribution in [0.4, 0.5) is 0 Å². The molecule has 3 N–H and O–H groups in total. The van der Waals surface area contributed by atoms with Gasteiger partial charge in [0, 0.05) is 24.6 Å². The Hall–Kier alpha value is -4.13. The number of nitrogens with one attached hydrogen (secondary N) is 3. The molecule has 0 spiro atoms. The van der Waals surface area contributed by atoms with E-state index >= 15 is 0 Å². The second-order valence-electron chi connectivity index (χ2n) is 6.95. The van der Waals surface area contributed by atoms with Gasteiger partial charge in [-0.25, -0.2) is 4.98 Å². The quantitative estimate of drug-likeness (QED) is 0.302. The van der Waals surface area contributed by atoms with Gasteiger partial charge in [0.05, 0.1) is 17.3 Å². The third-order valence-electron chi connectivity index (χ3n) is 4.67. The van der Waals surface area contributed by atoms with E-state index in [0.717, 1.165) is 16.9 Å². The van der Waals surface area contributed by atoms with Gasteiger partial charge in [0.25, 0.3) is 11.8 Å². The van der Waals surface area contributed by atoms with Crippen LogP contribution in [0, 0.1) is 0 Å². The molecule has 7 heteroatoms. The Bertz CT molecular complexity index is 1160. The Balaban J connectivity index is 1.36. The lowest BCUT2D eigenvalue weighted by molar-refractivity contribution is -0.117. The fourth-order valence-electron chi connectivity index (χ4n) is 3.14. The van der Waals surface area contributed by atoms with Gasteiger partial charge in [-0.2, -0.15) is 0 Å². The van der Waals surface area contributed by atoms with Crippen molar-refractivity contribution in [1.82, 2.24) is 20.6 Å². The predicted octanol–water partition coefficient (Wildman–Crippen LogP) is 3.68. The Morgan fingerprint density at radius 2 is 1.81 bits per heavy atom. The van der Waals surface area contributed by atoms with Crippen LogP contribution in [-0.4, -0.2) is 28.3 Å². The standard InChI is InChI=1S/C24H22N4O3/c29-23(17-8-2-1-3-9-17)28-21(16-18-10-7-15-31-18)24(30)25-14-6-13-22-26-19-11-4-5-12-20(19)27-22/h1-5,7-12,15-16H,6,13-14H2,(H,25,30)(H,26,27)(H,28,29). The molecule has 0 aliphatic carbocycles. The van der Waals surface area contributed by atoms with Gasteiger partial charge in [0.1, 0.15) is 17.3 Å². The average Bonchev–Trinajstić information content (AvgIpc) is 3.46. The maximum absolute atomic E-state index is 12.7. The van der Waals surface area contributed by atoms with E-state index in [4.69, 9.17) is 4.42 Å². The van der Waals surface area contributed by atoms with Crippen molar-refractivity contribution in [3.8, 4) is 0 Å². The summed E-state index contributed by atoms with van der Waals surface area (Å²) in [5.41, 5.74) is 2.50. The first-order valence-electron chi connectivity index (χ1n) is 10.0. The van der Waals surface area contributed by atoms with Gasteiger partial charge in [-0.15, -0.1) is 0 Å². The topological polar surface area (TPSA) is 100 Å². The zero-order valence-electron chi connectivity index (χ0n) is 16.8. The van der Waals surface area contributed by atoms with E-state index in [9.17, 15) is 9.59 Å². The van der Waals surface area contributed by atoms with E-state index in [-0.39, 0.29) is 17.5 Å². The fourth-order valence-corrected chi connectivity index (χ4v) is 3.14. The summed E-state index contributed by atoms with van der Waals surface area (Å²) in [6.45, 7) is 0.437. The van der Waals surface area contributed by atoms with Crippen molar-refractivity contribution in [2.45, 2.75) is 12.8 Å². The van der Waals surface area contributed by atoms with Crippen LogP contribution in [0.25, 0.3) is 17.1 Å². The molecule has 0 aliphatic heterocycles. The summed E-state index contributed by atoms with van der Waals surface area (Å²) >= 11 is 0. The highest BCUT2D eigenvalue weighted by atomic mass is 16.3. The van der Waals surface area contributed by atoms with Crippen LogP contribution in [0.2, 0.25) is 0 Å². The zero-order chi connectivity index (χ0) is 21.5. The molecule has 0 unspecified atom stereocenters. The second kappa shape index (κ2) is 9.58. The van der Waals surface area contributed by atoms with Crippen molar-refractivity contribution in [2.75, 3.05) is 6.54 Å². The molecule has 2 aromatic carbocycles. The second-order valence-corrected chi connectivity index (χ2v) is 6.95. The highest BCUT2D eigenvalue weighted by molar-refractivity contribution is 6.05. The van der Waals surface area contributed by atoms with Gasteiger partial charge < -0.3 is 20.0 Å². The highest BCUT2D eigenvalue weighted by Gasteiger charge is 2.15. The summed E-state index contributed by atoms with van der Waals surface area (Å²) in [6, 6.07) is 20.0. The maximum atomic E-state index is 12.7. The van der Waals surface area contributed by atoms with Crippen molar-refractivity contribution in [2.24, 2.45) is 0 Å². The molecule has 4 rings (SSSR count). The molecule has 0 fully saturated rings. The van der Waals surface area contributed by atoms with Crippen molar-refractivity contribution >= 4 is 28.9 Å². The SMILES string of the molecule is O=C(NCCCc1nc2ccccc2[nH]1)C(=Cc1ccco1)NC(=O)c1ccccc1. The third-order valence-corrected chi connectivity index (χ3v) is 4.67. The van der Waals surface area contributed by atoms with Crippen LogP contribution in [0.5, 0.6) is 0 Å². The highest BCUT2D eigenvalue weighted by Crippen LogP contribution is 2.11. The van der Waals surface area contributed by atoms with E-state index in [2.05, 4.69) is 20.6 Å². The number of hydrogen-bond acceptors (Lipinski definition) is 4. The molecule has 4 aromatic rings. The predicted molar refractivity (Wildman–Crippen MR) is 118 cm³/mol. The van der Waals surface area contributed by atoms with Crippen LogP contribution in [0.1, 0.15) is 28.4 Å². The van der Waals surface area contributed by atoms with E-state index in [1.807, 2.05) is 30.3 Å². The number of rotatable bonds is 8. The average molecular weight is 414 g/mol. The van der Waals surface area contributed by atoms with Crippen LogP contribution in [0.3, 0.4) is 0 Å². The molecule has 0 saturated carbocycles.